The molecule has 0 aliphatic heterocycles. The first kappa shape index (κ1) is 13.9. The van der Waals surface area contributed by atoms with E-state index in [4.69, 9.17) is 10.8 Å². The SMILES string of the molecule is CCCNC(=O)C(C)NCC(N)C(=O)O. The molecule has 0 aliphatic rings. The Morgan fingerprint density at radius 2 is 2.07 bits per heavy atom. The zero-order valence-electron chi connectivity index (χ0n) is 9.12. The third-order valence-corrected chi connectivity index (χ3v) is 1.90. The number of hydrogen-bond donors (Lipinski definition) is 4. The molecule has 0 aliphatic carbocycles. The largest absolute Gasteiger partial charge is 0.480 e. The van der Waals surface area contributed by atoms with E-state index < -0.39 is 18.1 Å². The number of nitrogens with one attached hydrogen (secondary N) is 2. The number of carbonyl (C=O) groups excluding carboxylic acids is 1. The van der Waals surface area contributed by atoms with Crippen LogP contribution in [0.1, 0.15) is 20.3 Å². The average molecular weight is 217 g/mol. The summed E-state index contributed by atoms with van der Waals surface area (Å²) in [6.07, 6.45) is 0.868. The molecule has 0 spiro atoms. The number of nitrogens with two attached hydrogens (primary N) is 1. The molecule has 0 aromatic heterocycles. The van der Waals surface area contributed by atoms with Gasteiger partial charge in [-0.25, -0.2) is 0 Å². The van der Waals surface area contributed by atoms with Gasteiger partial charge in [-0.15, -0.1) is 0 Å². The lowest BCUT2D eigenvalue weighted by atomic mass is 10.2. The van der Waals surface area contributed by atoms with Crippen LogP contribution in [0.25, 0.3) is 0 Å². The van der Waals surface area contributed by atoms with Crippen molar-refractivity contribution in [3.8, 4) is 0 Å². The maximum Gasteiger partial charge on any atom is 0.321 e. The van der Waals surface area contributed by atoms with Gasteiger partial charge in [0.05, 0.1) is 6.04 Å². The van der Waals surface area contributed by atoms with Crippen LogP contribution >= 0.6 is 0 Å². The summed E-state index contributed by atoms with van der Waals surface area (Å²) in [6, 6.07) is -1.41. The lowest BCUT2D eigenvalue weighted by Gasteiger charge is -2.15. The summed E-state index contributed by atoms with van der Waals surface area (Å²) in [6.45, 7) is 4.32. The van der Waals surface area contributed by atoms with Crippen LogP contribution in [0.4, 0.5) is 0 Å². The number of rotatable bonds is 7. The highest BCUT2D eigenvalue weighted by Crippen LogP contribution is 1.84. The van der Waals surface area contributed by atoms with Crippen LogP contribution in [0, 0.1) is 0 Å². The minimum atomic E-state index is -1.08. The predicted octanol–water partition coefficient (Wildman–Crippen LogP) is -1.10. The van der Waals surface area contributed by atoms with E-state index in [-0.39, 0.29) is 12.5 Å². The van der Waals surface area contributed by atoms with Gasteiger partial charge in [-0.3, -0.25) is 9.59 Å². The van der Waals surface area contributed by atoms with Gasteiger partial charge in [0, 0.05) is 13.1 Å². The van der Waals surface area contributed by atoms with E-state index in [9.17, 15) is 9.59 Å². The molecule has 0 saturated carbocycles. The molecule has 0 bridgehead atoms. The molecule has 0 heterocycles. The first-order valence-corrected chi connectivity index (χ1v) is 4.98. The molecule has 2 atom stereocenters. The fraction of sp³-hybridized carbons (Fsp3) is 0.778. The van der Waals surface area contributed by atoms with E-state index in [0.717, 1.165) is 6.42 Å². The van der Waals surface area contributed by atoms with E-state index in [1.54, 1.807) is 6.92 Å². The van der Waals surface area contributed by atoms with Crippen molar-refractivity contribution in [2.45, 2.75) is 32.4 Å². The van der Waals surface area contributed by atoms with Gasteiger partial charge in [-0.05, 0) is 13.3 Å². The highest BCUT2D eigenvalue weighted by atomic mass is 16.4. The summed E-state index contributed by atoms with van der Waals surface area (Å²) in [5.41, 5.74) is 5.27. The molecule has 5 N–H and O–H groups in total. The van der Waals surface area contributed by atoms with Gasteiger partial charge in [0.25, 0.3) is 0 Å². The zero-order chi connectivity index (χ0) is 11.8. The molecule has 0 rings (SSSR count). The van der Waals surface area contributed by atoms with Gasteiger partial charge in [0.1, 0.15) is 6.04 Å². The zero-order valence-corrected chi connectivity index (χ0v) is 9.12. The normalized spacial score (nSPS) is 14.3. The summed E-state index contributed by atoms with van der Waals surface area (Å²) in [4.78, 5) is 21.7. The number of carboxylic acids is 1. The van der Waals surface area contributed by atoms with Crippen LogP contribution < -0.4 is 16.4 Å². The number of carboxylic acid groups (broad SMARTS) is 1. The summed E-state index contributed by atoms with van der Waals surface area (Å²) < 4.78 is 0. The molecule has 15 heavy (non-hydrogen) atoms. The Morgan fingerprint density at radius 1 is 1.47 bits per heavy atom. The van der Waals surface area contributed by atoms with Crippen LogP contribution in [0.3, 0.4) is 0 Å². The van der Waals surface area contributed by atoms with Gasteiger partial charge in [0.15, 0.2) is 0 Å². The molecule has 0 fully saturated rings. The van der Waals surface area contributed by atoms with Crippen molar-refractivity contribution in [2.24, 2.45) is 5.73 Å². The Bertz CT molecular complexity index is 221. The molecule has 1 amide bonds. The molecule has 0 aromatic rings. The second kappa shape index (κ2) is 7.19. The van der Waals surface area contributed by atoms with Gasteiger partial charge in [-0.1, -0.05) is 6.92 Å². The lowest BCUT2D eigenvalue weighted by Crippen LogP contribution is -2.48. The van der Waals surface area contributed by atoms with Crippen molar-refractivity contribution in [3.63, 3.8) is 0 Å². The molecular weight excluding hydrogens is 198 g/mol. The summed E-state index contributed by atoms with van der Waals surface area (Å²) >= 11 is 0. The van der Waals surface area contributed by atoms with Gasteiger partial charge >= 0.3 is 5.97 Å². The molecule has 0 saturated heterocycles. The van der Waals surface area contributed by atoms with Crippen molar-refractivity contribution < 1.29 is 14.7 Å². The Labute approximate surface area is 89.2 Å². The monoisotopic (exact) mass is 217 g/mol. The van der Waals surface area contributed by atoms with Gasteiger partial charge in [-0.2, -0.15) is 0 Å². The highest BCUT2D eigenvalue weighted by Gasteiger charge is 2.15. The third-order valence-electron chi connectivity index (χ3n) is 1.90. The second-order valence-corrected chi connectivity index (χ2v) is 3.37. The standard InChI is InChI=1S/C9H19N3O3/c1-3-4-11-8(13)6(2)12-5-7(10)9(14)15/h6-7,12H,3-5,10H2,1-2H3,(H,11,13)(H,14,15). The maximum atomic E-state index is 11.3. The molecule has 0 radical (unpaired) electrons. The van der Waals surface area contributed by atoms with Crippen molar-refractivity contribution in [2.75, 3.05) is 13.1 Å². The van der Waals surface area contributed by atoms with E-state index in [1.165, 1.54) is 0 Å². The van der Waals surface area contributed by atoms with E-state index in [0.29, 0.717) is 6.54 Å². The topological polar surface area (TPSA) is 104 Å². The quantitative estimate of drug-likeness (QED) is 0.433. The van der Waals surface area contributed by atoms with Crippen LogP contribution in [0.5, 0.6) is 0 Å². The van der Waals surface area contributed by atoms with Gasteiger partial charge < -0.3 is 21.5 Å². The van der Waals surface area contributed by atoms with Gasteiger partial charge in [0.2, 0.25) is 5.91 Å². The number of aliphatic carboxylic acids is 1. The first-order chi connectivity index (χ1) is 6.99. The average Bonchev–Trinajstić information content (AvgIpc) is 2.21. The molecular formula is C9H19N3O3. The maximum absolute atomic E-state index is 11.3. The van der Waals surface area contributed by atoms with Crippen molar-refractivity contribution in [3.05, 3.63) is 0 Å². The van der Waals surface area contributed by atoms with Crippen LogP contribution in [-0.2, 0) is 9.59 Å². The summed E-state index contributed by atoms with van der Waals surface area (Å²) in [5, 5.41) is 14.0. The molecule has 6 heteroatoms. The molecule has 88 valence electrons. The Kier molecular flexibility index (Phi) is 6.64. The van der Waals surface area contributed by atoms with E-state index >= 15 is 0 Å². The third kappa shape index (κ3) is 6.03. The van der Waals surface area contributed by atoms with Crippen LogP contribution in [-0.4, -0.2) is 42.2 Å². The van der Waals surface area contributed by atoms with Crippen LogP contribution in [0.15, 0.2) is 0 Å². The fourth-order valence-electron chi connectivity index (χ4n) is 0.885. The van der Waals surface area contributed by atoms with Crippen molar-refractivity contribution in [1.29, 1.82) is 0 Å². The Hall–Kier alpha value is -1.14. The second-order valence-electron chi connectivity index (χ2n) is 3.37. The molecule has 0 aromatic carbocycles. The summed E-state index contributed by atoms with van der Waals surface area (Å²) in [7, 11) is 0. The Balaban J connectivity index is 3.77. The van der Waals surface area contributed by atoms with Crippen LogP contribution in [0.2, 0.25) is 0 Å². The first-order valence-electron chi connectivity index (χ1n) is 4.98. The number of hydrogen-bond acceptors (Lipinski definition) is 4. The smallest absolute Gasteiger partial charge is 0.321 e. The molecule has 6 nitrogen and oxygen atoms in total. The number of carbonyl (C=O) groups is 2. The summed E-state index contributed by atoms with van der Waals surface area (Å²) in [5.74, 6) is -1.22. The molecule has 2 unspecified atom stereocenters. The van der Waals surface area contributed by atoms with Crippen molar-refractivity contribution in [1.82, 2.24) is 10.6 Å². The minimum absolute atomic E-state index is 0.0794. The van der Waals surface area contributed by atoms with E-state index in [1.807, 2.05) is 6.92 Å². The minimum Gasteiger partial charge on any atom is -0.480 e. The fourth-order valence-corrected chi connectivity index (χ4v) is 0.885. The van der Waals surface area contributed by atoms with E-state index in [2.05, 4.69) is 10.6 Å². The lowest BCUT2D eigenvalue weighted by molar-refractivity contribution is -0.138. The number of amides is 1. The predicted molar refractivity (Wildman–Crippen MR) is 56.4 cm³/mol. The Morgan fingerprint density at radius 3 is 2.53 bits per heavy atom. The van der Waals surface area contributed by atoms with Crippen molar-refractivity contribution >= 4 is 11.9 Å². The highest BCUT2D eigenvalue weighted by molar-refractivity contribution is 5.81.